The van der Waals surface area contributed by atoms with Crippen molar-refractivity contribution in [2.24, 2.45) is 11.7 Å². The summed E-state index contributed by atoms with van der Waals surface area (Å²) >= 11 is 12.0. The van der Waals surface area contributed by atoms with E-state index in [1.807, 2.05) is 36.4 Å². The number of nitrogens with one attached hydrogen (secondary N) is 1. The van der Waals surface area contributed by atoms with Crippen LogP contribution in [0.2, 0.25) is 10.0 Å². The smallest absolute Gasteiger partial charge is 0.0923 e. The number of anilines is 1. The maximum Gasteiger partial charge on any atom is 0.0923 e. The molecule has 3 nitrogen and oxygen atoms in total. The van der Waals surface area contributed by atoms with E-state index in [0.29, 0.717) is 5.92 Å². The molecule has 0 saturated carbocycles. The fraction of sp³-hybridized carbons (Fsp3) is 0.222. The molecule has 5 heteroatoms. The molecule has 0 saturated heterocycles. The van der Waals surface area contributed by atoms with Gasteiger partial charge in [-0.05, 0) is 48.0 Å². The van der Waals surface area contributed by atoms with E-state index in [1.165, 1.54) is 5.56 Å². The third-order valence-electron chi connectivity index (χ3n) is 3.92. The summed E-state index contributed by atoms with van der Waals surface area (Å²) in [4.78, 5) is 2.33. The summed E-state index contributed by atoms with van der Waals surface area (Å²) < 4.78 is 0. The second kappa shape index (κ2) is 7.16. The minimum absolute atomic E-state index is 0.387. The zero-order valence-corrected chi connectivity index (χ0v) is 14.2. The lowest BCUT2D eigenvalue weighted by Crippen LogP contribution is -2.30. The van der Waals surface area contributed by atoms with Crippen molar-refractivity contribution in [1.82, 2.24) is 5.32 Å². The van der Waals surface area contributed by atoms with Gasteiger partial charge in [0.15, 0.2) is 0 Å². The average molecular weight is 348 g/mol. The molecule has 1 heterocycles. The molecule has 0 aromatic heterocycles. The SMILES string of the molecule is NC1=C[C@H](CN(Cc2ccc(Cl)cc2)c2ccc(Cl)cc2)CN1. The number of hydrogen-bond acceptors (Lipinski definition) is 3. The third-order valence-corrected chi connectivity index (χ3v) is 4.42. The molecular weight excluding hydrogens is 329 g/mol. The monoisotopic (exact) mass is 347 g/mol. The van der Waals surface area contributed by atoms with E-state index in [4.69, 9.17) is 28.9 Å². The highest BCUT2D eigenvalue weighted by atomic mass is 35.5. The molecule has 1 atom stereocenters. The molecule has 23 heavy (non-hydrogen) atoms. The quantitative estimate of drug-likeness (QED) is 0.858. The highest BCUT2D eigenvalue weighted by molar-refractivity contribution is 6.30. The minimum atomic E-state index is 0.387. The Hall–Kier alpha value is -1.84. The number of halogens is 2. The Labute approximate surface area is 146 Å². The molecular formula is C18H19Cl2N3. The van der Waals surface area contributed by atoms with Crippen LogP contribution >= 0.6 is 23.2 Å². The zero-order valence-electron chi connectivity index (χ0n) is 12.7. The molecule has 0 fully saturated rings. The van der Waals surface area contributed by atoms with Crippen molar-refractivity contribution >= 4 is 28.9 Å². The van der Waals surface area contributed by atoms with Crippen molar-refractivity contribution in [3.8, 4) is 0 Å². The van der Waals surface area contributed by atoms with E-state index in [2.05, 4.69) is 28.4 Å². The Kier molecular flexibility index (Phi) is 4.99. The van der Waals surface area contributed by atoms with Gasteiger partial charge in [0, 0.05) is 41.3 Å². The lowest BCUT2D eigenvalue weighted by atomic mass is 10.1. The van der Waals surface area contributed by atoms with Gasteiger partial charge < -0.3 is 16.0 Å². The van der Waals surface area contributed by atoms with Gasteiger partial charge in [-0.15, -0.1) is 0 Å². The van der Waals surface area contributed by atoms with Gasteiger partial charge in [-0.2, -0.15) is 0 Å². The van der Waals surface area contributed by atoms with E-state index in [1.54, 1.807) is 0 Å². The molecule has 3 N–H and O–H groups in total. The first-order valence-corrected chi connectivity index (χ1v) is 8.32. The van der Waals surface area contributed by atoms with Crippen LogP contribution < -0.4 is 16.0 Å². The first kappa shape index (κ1) is 16.0. The molecule has 1 aliphatic heterocycles. The summed E-state index contributed by atoms with van der Waals surface area (Å²) in [6, 6.07) is 15.9. The Morgan fingerprint density at radius 1 is 1.00 bits per heavy atom. The van der Waals surface area contributed by atoms with Gasteiger partial charge in [0.1, 0.15) is 0 Å². The second-order valence-corrected chi connectivity index (χ2v) is 6.62. The minimum Gasteiger partial charge on any atom is -0.386 e. The molecule has 2 aromatic carbocycles. The van der Waals surface area contributed by atoms with E-state index in [9.17, 15) is 0 Å². The zero-order chi connectivity index (χ0) is 16.2. The van der Waals surface area contributed by atoms with Crippen LogP contribution in [0.5, 0.6) is 0 Å². The fourth-order valence-electron chi connectivity index (χ4n) is 2.74. The fourth-order valence-corrected chi connectivity index (χ4v) is 3.00. The molecule has 2 aromatic rings. The van der Waals surface area contributed by atoms with Gasteiger partial charge in [0.25, 0.3) is 0 Å². The Morgan fingerprint density at radius 2 is 1.61 bits per heavy atom. The van der Waals surface area contributed by atoms with E-state index in [0.717, 1.165) is 41.2 Å². The summed E-state index contributed by atoms with van der Waals surface area (Å²) in [6.45, 7) is 2.57. The topological polar surface area (TPSA) is 41.3 Å². The summed E-state index contributed by atoms with van der Waals surface area (Å²) in [7, 11) is 0. The van der Waals surface area contributed by atoms with Crippen LogP contribution in [-0.2, 0) is 6.54 Å². The van der Waals surface area contributed by atoms with Crippen LogP contribution in [0.25, 0.3) is 0 Å². The highest BCUT2D eigenvalue weighted by Gasteiger charge is 2.18. The van der Waals surface area contributed by atoms with Gasteiger partial charge in [0.2, 0.25) is 0 Å². The lowest BCUT2D eigenvalue weighted by Gasteiger charge is -2.27. The summed E-state index contributed by atoms with van der Waals surface area (Å²) in [5, 5.41) is 4.68. The number of nitrogens with two attached hydrogens (primary N) is 1. The van der Waals surface area contributed by atoms with Crippen molar-refractivity contribution in [3.63, 3.8) is 0 Å². The first-order chi connectivity index (χ1) is 11.1. The standard InChI is InChI=1S/C18H19Cl2N3/c19-15-3-1-13(2-4-15)11-23(12-14-9-18(21)22-10-14)17-7-5-16(20)6-8-17/h1-9,14,22H,10-12,21H2/t14-/m0/s1. The number of hydrogen-bond donors (Lipinski definition) is 2. The molecule has 0 unspecified atom stereocenters. The van der Waals surface area contributed by atoms with Gasteiger partial charge in [-0.3, -0.25) is 0 Å². The largest absolute Gasteiger partial charge is 0.386 e. The van der Waals surface area contributed by atoms with Crippen LogP contribution in [0.1, 0.15) is 5.56 Å². The summed E-state index contributed by atoms with van der Waals surface area (Å²) in [5.74, 6) is 1.15. The van der Waals surface area contributed by atoms with Crippen LogP contribution in [0.3, 0.4) is 0 Å². The molecule has 0 amide bonds. The van der Waals surface area contributed by atoms with Crippen LogP contribution in [-0.4, -0.2) is 13.1 Å². The average Bonchev–Trinajstić information content (AvgIpc) is 2.95. The molecule has 120 valence electrons. The Bertz CT molecular complexity index is 680. The van der Waals surface area contributed by atoms with Gasteiger partial charge in [-0.25, -0.2) is 0 Å². The second-order valence-electron chi connectivity index (χ2n) is 5.75. The van der Waals surface area contributed by atoms with E-state index >= 15 is 0 Å². The number of nitrogens with zero attached hydrogens (tertiary/aromatic N) is 1. The first-order valence-electron chi connectivity index (χ1n) is 7.56. The van der Waals surface area contributed by atoms with Crippen molar-refractivity contribution < 1.29 is 0 Å². The molecule has 0 bridgehead atoms. The van der Waals surface area contributed by atoms with Crippen LogP contribution in [0, 0.1) is 5.92 Å². The van der Waals surface area contributed by atoms with Crippen molar-refractivity contribution in [1.29, 1.82) is 0 Å². The Balaban J connectivity index is 1.80. The van der Waals surface area contributed by atoms with Gasteiger partial charge >= 0.3 is 0 Å². The third kappa shape index (κ3) is 4.34. The van der Waals surface area contributed by atoms with Crippen LogP contribution in [0.15, 0.2) is 60.4 Å². The van der Waals surface area contributed by atoms with Gasteiger partial charge in [0.05, 0.1) is 5.82 Å². The highest BCUT2D eigenvalue weighted by Crippen LogP contribution is 2.23. The summed E-state index contributed by atoms with van der Waals surface area (Å²) in [5.41, 5.74) is 8.18. The molecule has 0 radical (unpaired) electrons. The number of rotatable bonds is 5. The maximum atomic E-state index is 6.01. The van der Waals surface area contributed by atoms with Crippen molar-refractivity contribution in [3.05, 3.63) is 76.0 Å². The van der Waals surface area contributed by atoms with Crippen molar-refractivity contribution in [2.45, 2.75) is 6.54 Å². The lowest BCUT2D eigenvalue weighted by molar-refractivity contribution is 0.615. The molecule has 3 rings (SSSR count). The molecule has 0 aliphatic carbocycles. The number of benzene rings is 2. The predicted octanol–water partition coefficient (Wildman–Crippen LogP) is 4.02. The summed E-state index contributed by atoms with van der Waals surface area (Å²) in [6.07, 6.45) is 2.09. The maximum absolute atomic E-state index is 6.01. The molecule has 0 spiro atoms. The predicted molar refractivity (Wildman–Crippen MR) is 97.7 cm³/mol. The van der Waals surface area contributed by atoms with E-state index < -0.39 is 0 Å². The Morgan fingerprint density at radius 3 is 2.17 bits per heavy atom. The van der Waals surface area contributed by atoms with Gasteiger partial charge in [-0.1, -0.05) is 35.3 Å². The molecule has 1 aliphatic rings. The van der Waals surface area contributed by atoms with Crippen molar-refractivity contribution in [2.75, 3.05) is 18.0 Å². The van der Waals surface area contributed by atoms with E-state index in [-0.39, 0.29) is 0 Å². The van der Waals surface area contributed by atoms with Crippen LogP contribution in [0.4, 0.5) is 5.69 Å². The normalized spacial score (nSPS) is 16.8.